The van der Waals surface area contributed by atoms with Crippen molar-refractivity contribution in [2.75, 3.05) is 130 Å². The molecule has 0 bridgehead atoms. The predicted molar refractivity (Wildman–Crippen MR) is 502 cm³/mol. The van der Waals surface area contributed by atoms with E-state index in [0.717, 1.165) is 165 Å². The number of rotatable bonds is 18. The molecule has 8 heterocycles. The number of halogens is 7. The van der Waals surface area contributed by atoms with E-state index in [9.17, 15) is 16.8 Å². The lowest BCUT2D eigenvalue weighted by Gasteiger charge is -2.29. The number of anilines is 3. The quantitative estimate of drug-likeness (QED) is 0.0310. The number of aromatic hydroxyl groups is 1. The minimum absolute atomic E-state index is 0.00201. The van der Waals surface area contributed by atoms with Gasteiger partial charge in [-0.3, -0.25) is 0 Å². The number of fused-ring (bicyclic) bond motifs is 3. The number of nitrogens with zero attached hydrogens (tertiary/aromatic N) is 7. The number of likely N-dealkylation sites (tertiary alicyclic amines) is 4. The summed E-state index contributed by atoms with van der Waals surface area (Å²) in [6, 6.07) is 39.3. The van der Waals surface area contributed by atoms with Crippen molar-refractivity contribution >= 4 is 183 Å². The number of H-pyrrole nitrogens is 1. The molecular weight excluding hydrogens is 1940 g/mol. The van der Waals surface area contributed by atoms with Gasteiger partial charge in [0.2, 0.25) is 0 Å². The standard InChI is InChI=1S/C27H31N3O3S.C19H23BrClN3O.C13H17ClINO.C8H11BO4S.C7H15NO.C6H7BrN2.C6H4ClIO/c1-4-34(31,32)21-7-5-6-20(15-21)22-8-9-24(33-17-19-10-12-30(3)13-11-19)26-25(22)23-14-18(2)16-28-27(23)29-26;1-13-9-16(20)19(22-11-13)23-17-10-15(21)3-4-18(17)25-12-14-5-7-24(2)8-6-14;1-16-6-4-10(5-7-16)9-17-13-3-2-11(14)8-12(13)15;1-2-14(12,13)8-5-3-4-7(6-8)9(10)11;1-8-4-2-7(6-9)3-5-8;1-4-2-5(7)6(8)9-3-4;7-4-1-2-6(9)5(8)3-4/h5-9,14-16,19H,4,10-13,17H2,1-3H3,(H,28,29);3-4,9-11,14H,5-8,12H2,1-2H3,(H,22,23);2-3,8,10H,4-7,9H2,1H3;3-6,10-11H,2H2,1H3;7,9H,2-6H2,1H3;2-3H,1H3,(H2,8,9);1-3,9H. The average Bonchev–Trinajstić information content (AvgIpc) is 1.60. The van der Waals surface area contributed by atoms with Crippen molar-refractivity contribution in [2.24, 2.45) is 23.7 Å². The molecule has 0 atom stereocenters. The number of hydrogen-bond donors (Lipinski definition) is 7. The van der Waals surface area contributed by atoms with E-state index in [0.29, 0.717) is 57.6 Å². The fourth-order valence-corrected chi connectivity index (χ4v) is 18.0. The predicted octanol–water partition coefficient (Wildman–Crippen LogP) is 18.0. The van der Waals surface area contributed by atoms with E-state index < -0.39 is 26.8 Å². The maximum Gasteiger partial charge on any atom is 0.488 e. The van der Waals surface area contributed by atoms with E-state index in [2.05, 4.69) is 134 Å². The number of pyridine rings is 3. The van der Waals surface area contributed by atoms with Crippen molar-refractivity contribution in [2.45, 2.75) is 95.8 Å². The first-order chi connectivity index (χ1) is 55.7. The van der Waals surface area contributed by atoms with Gasteiger partial charge in [-0.2, -0.15) is 0 Å². The number of ether oxygens (including phenoxy) is 3. The first kappa shape index (κ1) is 96.8. The van der Waals surface area contributed by atoms with Crippen LogP contribution in [0.3, 0.4) is 0 Å². The van der Waals surface area contributed by atoms with Gasteiger partial charge in [0.15, 0.2) is 19.7 Å². The third-order valence-electron chi connectivity index (χ3n) is 20.5. The molecule has 0 saturated carbocycles. The lowest BCUT2D eigenvalue weighted by molar-refractivity contribution is 0.148. The number of benzene rings is 6. The monoisotopic (exact) mass is 2050 g/mol. The SMILES string of the molecule is CCS(=O)(=O)c1cccc(-c2ccc(OCC3CCN(C)CC3)c3[nH]c4ncc(C)cc4c23)c1.CCS(=O)(=O)c1cccc(B(O)O)c1.CN1CCC(CO)CC1.CN1CCC(COc2ccc(Cl)cc2I)CC1.Cc1cnc(N)c(Br)c1.Cc1cnc(Nc2cc(Cl)ccc2OCC2CCN(C)CC2)c(Br)c1.Oc1ccc(Cl)cc1I. The summed E-state index contributed by atoms with van der Waals surface area (Å²) < 4.78 is 69.9. The van der Waals surface area contributed by atoms with Crippen molar-refractivity contribution in [1.82, 2.24) is 39.5 Å². The third kappa shape index (κ3) is 31.0. The first-order valence-electron chi connectivity index (χ1n) is 39.0. The second kappa shape index (κ2) is 47.7. The van der Waals surface area contributed by atoms with Gasteiger partial charge in [0.05, 0.1) is 68.4 Å². The van der Waals surface area contributed by atoms with Crippen LogP contribution in [0.5, 0.6) is 23.0 Å². The molecule has 0 radical (unpaired) electrons. The number of aromatic nitrogens is 4. The molecule has 6 aromatic carbocycles. The largest absolute Gasteiger partial charge is 0.507 e. The second-order valence-electron chi connectivity index (χ2n) is 29.9. The van der Waals surface area contributed by atoms with Crippen molar-refractivity contribution in [3.63, 3.8) is 0 Å². The van der Waals surface area contributed by atoms with Crippen molar-refractivity contribution in [3.05, 3.63) is 200 Å². The average molecular weight is 2050 g/mol. The van der Waals surface area contributed by atoms with Crippen molar-refractivity contribution in [1.29, 1.82) is 0 Å². The van der Waals surface area contributed by atoms with Crippen LogP contribution in [0, 0.1) is 51.6 Å². The molecule has 31 heteroatoms. The summed E-state index contributed by atoms with van der Waals surface area (Å²) in [5, 5.41) is 42.9. The Balaban J connectivity index is 0.000000181. The zero-order valence-corrected chi connectivity index (χ0v) is 79.1. The minimum Gasteiger partial charge on any atom is -0.507 e. The van der Waals surface area contributed by atoms with Crippen molar-refractivity contribution in [3.8, 4) is 34.1 Å². The Labute approximate surface area is 750 Å². The maximum atomic E-state index is 12.5. The molecule has 0 amide bonds. The Kier molecular flexibility index (Phi) is 39.4. The smallest absolute Gasteiger partial charge is 0.488 e. The van der Waals surface area contributed by atoms with Crippen LogP contribution >= 0.6 is 112 Å². The molecule has 4 aliphatic heterocycles. The van der Waals surface area contributed by atoms with Crippen molar-refractivity contribution < 1.29 is 51.3 Å². The number of aryl methyl sites for hydroxylation is 3. The number of sulfone groups is 2. The summed E-state index contributed by atoms with van der Waals surface area (Å²) in [4.78, 5) is 26.3. The zero-order valence-electron chi connectivity index (χ0n) is 67.7. The van der Waals surface area contributed by atoms with Crippen LogP contribution in [0.4, 0.5) is 17.3 Å². The molecule has 4 aliphatic rings. The molecule has 8 N–H and O–H groups in total. The van der Waals surface area contributed by atoms with Crippen LogP contribution < -0.4 is 30.7 Å². The number of phenolic OH excluding ortho intramolecular Hbond substituents is 1. The normalized spacial score (nSPS) is 15.4. The second-order valence-corrected chi connectivity index (χ2v) is 39.8. The molecular formula is C86H108BBr2Cl3I2N10O11S2. The molecule has 0 unspecified atom stereocenters. The Morgan fingerprint density at radius 2 is 0.991 bits per heavy atom. The molecule has 632 valence electrons. The van der Waals surface area contributed by atoms with Gasteiger partial charge < -0.3 is 70.1 Å². The number of piperidine rings is 4. The molecule has 4 fully saturated rings. The highest BCUT2D eigenvalue weighted by Crippen LogP contribution is 2.41. The van der Waals surface area contributed by atoms with Crippen LogP contribution in [0.25, 0.3) is 33.1 Å². The van der Waals surface area contributed by atoms with Crippen LogP contribution in [0.15, 0.2) is 171 Å². The van der Waals surface area contributed by atoms with Gasteiger partial charge in [-0.05, 0) is 396 Å². The number of aromatic amines is 1. The molecule has 117 heavy (non-hydrogen) atoms. The fraction of sp³-hybridized carbons (Fsp3) is 0.407. The van der Waals surface area contributed by atoms with E-state index in [1.165, 1.54) is 82.8 Å². The fourth-order valence-electron chi connectivity index (χ4n) is 13.0. The zero-order chi connectivity index (χ0) is 85.1. The molecule has 4 aromatic heterocycles. The summed E-state index contributed by atoms with van der Waals surface area (Å²) in [6.07, 6.45) is 14.9. The van der Waals surface area contributed by atoms with E-state index in [1.807, 2.05) is 129 Å². The highest BCUT2D eigenvalue weighted by atomic mass is 127. The van der Waals surface area contributed by atoms with E-state index in [-0.39, 0.29) is 27.6 Å². The Hall–Kier alpha value is -5.66. The van der Waals surface area contributed by atoms with Crippen LogP contribution in [0.1, 0.15) is 81.9 Å². The Morgan fingerprint density at radius 3 is 1.48 bits per heavy atom. The number of nitrogens with two attached hydrogens (primary N) is 1. The molecule has 10 aromatic rings. The molecule has 0 aliphatic carbocycles. The number of hydrogen-bond acceptors (Lipinski definition) is 20. The van der Waals surface area contributed by atoms with Gasteiger partial charge in [-0.15, -0.1) is 0 Å². The van der Waals surface area contributed by atoms with Gasteiger partial charge in [0.1, 0.15) is 40.3 Å². The highest BCUT2D eigenvalue weighted by molar-refractivity contribution is 14.1. The van der Waals surface area contributed by atoms with Crippen LogP contribution in [-0.4, -0.2) is 202 Å². The van der Waals surface area contributed by atoms with Gasteiger partial charge in [0.25, 0.3) is 0 Å². The molecule has 14 rings (SSSR count). The third-order valence-corrected chi connectivity index (χ3v) is 27.6. The van der Waals surface area contributed by atoms with Gasteiger partial charge in [-0.1, -0.05) is 72.9 Å². The number of nitrogen functional groups attached to an aromatic ring is 1. The lowest BCUT2D eigenvalue weighted by atomic mass is 9.80. The van der Waals surface area contributed by atoms with E-state index in [1.54, 1.807) is 43.5 Å². The summed E-state index contributed by atoms with van der Waals surface area (Å²) in [6.45, 7) is 21.0. The number of phenols is 1. The first-order valence-corrected chi connectivity index (χ1v) is 47.2. The van der Waals surface area contributed by atoms with E-state index in [4.69, 9.17) is 75.0 Å². The molecule has 21 nitrogen and oxygen atoms in total. The van der Waals surface area contributed by atoms with Crippen LogP contribution in [0.2, 0.25) is 15.1 Å². The van der Waals surface area contributed by atoms with Gasteiger partial charge in [-0.25, -0.2) is 31.8 Å². The summed E-state index contributed by atoms with van der Waals surface area (Å²) >= 11 is 28.8. The number of aliphatic hydroxyl groups is 1. The maximum absolute atomic E-state index is 12.5. The number of aliphatic hydroxyl groups excluding tert-OH is 1. The Morgan fingerprint density at radius 1 is 0.547 bits per heavy atom. The summed E-state index contributed by atoms with van der Waals surface area (Å²) in [7, 11) is 0.437. The Bertz CT molecular complexity index is 5030. The van der Waals surface area contributed by atoms with Gasteiger partial charge in [0, 0.05) is 51.0 Å². The van der Waals surface area contributed by atoms with Gasteiger partial charge >= 0.3 is 7.12 Å². The summed E-state index contributed by atoms with van der Waals surface area (Å²) in [5.41, 5.74) is 13.3. The minimum atomic E-state index is -3.30. The lowest BCUT2D eigenvalue weighted by Crippen LogP contribution is -2.32. The highest BCUT2D eigenvalue weighted by Gasteiger charge is 2.25. The topological polar surface area (TPSA) is 282 Å². The molecule has 0 spiro atoms. The number of nitrogens with one attached hydrogen (secondary N) is 2. The van der Waals surface area contributed by atoms with Crippen LogP contribution in [-0.2, 0) is 19.7 Å². The summed E-state index contributed by atoms with van der Waals surface area (Å²) in [5.74, 6) is 6.63. The van der Waals surface area contributed by atoms with E-state index >= 15 is 0 Å². The molecule has 4 saturated heterocycles.